The Hall–Kier alpha value is -6.14. The first-order chi connectivity index (χ1) is 32.5. The van der Waals surface area contributed by atoms with Crippen molar-refractivity contribution in [1.29, 1.82) is 0 Å². The molecule has 0 saturated carbocycles. The number of nitrogens with one attached hydrogen (secondary N) is 2. The zero-order chi connectivity index (χ0) is 47.5. The molecule has 5 heterocycles. The van der Waals surface area contributed by atoms with Gasteiger partial charge in [-0.2, -0.15) is 19.9 Å². The lowest BCUT2D eigenvalue weighted by Crippen LogP contribution is -2.29. The molecule has 3 aliphatic rings. The molecule has 2 fully saturated rings. The van der Waals surface area contributed by atoms with Crippen LogP contribution in [0.25, 0.3) is 0 Å². The summed E-state index contributed by atoms with van der Waals surface area (Å²) >= 11 is 0. The van der Waals surface area contributed by atoms with Crippen LogP contribution in [0.1, 0.15) is 113 Å². The second-order valence-corrected chi connectivity index (χ2v) is 17.6. The van der Waals surface area contributed by atoms with Crippen molar-refractivity contribution in [1.82, 2.24) is 29.7 Å². The van der Waals surface area contributed by atoms with Gasteiger partial charge in [-0.15, -0.1) is 0 Å². The van der Waals surface area contributed by atoms with Gasteiger partial charge in [0.2, 0.25) is 23.5 Å². The molecule has 362 valence electrons. The number of likely N-dealkylation sites (tertiary alicyclic amines) is 2. The summed E-state index contributed by atoms with van der Waals surface area (Å²) in [5, 5.41) is 18.3. The number of hydrogen-bond donors (Lipinski definition) is 4. The third kappa shape index (κ3) is 15.2. The smallest absolute Gasteiger partial charge is 0.353 e. The number of carbonyl (C=O) groups excluding carboxylic acids is 2. The standard InChI is InChI=1S/C25H37N7O4.C24H34N6O/c1-3-5-12-27-25-28-23(26)22(32(34)35)24(29-25)31(15-11-21(33)36-4-2)18-20-10-8-9-19(16-20)17-30-13-6-7-14-30;1-2-3-10-26-24-27-22(25)21-15-20(31)9-13-30(23(21)28-24)17-19-8-6-7-18(14-19)16-29-11-4-5-12-29/h8-10,16H,3-7,11-15,17-18H2,1-2H3,(H3,26,27,28,29);6-8,14H,2-5,9-13,15-17H2,1H3,(H3,25,26,27,28). The Balaban J connectivity index is 0.000000223. The van der Waals surface area contributed by atoms with Crippen molar-refractivity contribution in [3.05, 3.63) is 86.5 Å². The Kier molecular flexibility index (Phi) is 19.3. The van der Waals surface area contributed by atoms with Crippen molar-refractivity contribution in [2.75, 3.05) is 90.9 Å². The maximum Gasteiger partial charge on any atom is 0.353 e. The molecule has 0 atom stereocenters. The fourth-order valence-corrected chi connectivity index (χ4v) is 8.70. The monoisotopic (exact) mass is 922 g/mol. The zero-order valence-corrected chi connectivity index (χ0v) is 39.8. The Bertz CT molecular complexity index is 2250. The molecule has 18 heteroatoms. The molecule has 67 heavy (non-hydrogen) atoms. The van der Waals surface area contributed by atoms with Crippen molar-refractivity contribution >= 4 is 52.6 Å². The van der Waals surface area contributed by atoms with E-state index in [2.05, 4.69) is 90.5 Å². The molecule has 0 unspecified atom stereocenters. The van der Waals surface area contributed by atoms with Crippen LogP contribution in [0, 0.1) is 10.1 Å². The van der Waals surface area contributed by atoms with Crippen molar-refractivity contribution in [2.24, 2.45) is 0 Å². The average molecular weight is 922 g/mol. The number of carbonyl (C=O) groups is 2. The topological polar surface area (TPSA) is 227 Å². The van der Waals surface area contributed by atoms with Gasteiger partial charge in [0.15, 0.2) is 0 Å². The van der Waals surface area contributed by atoms with Crippen LogP contribution in [0.4, 0.5) is 40.9 Å². The number of Topliss-reactive ketones (excluding diaryl/α,β-unsaturated/α-hetero) is 1. The molecule has 2 saturated heterocycles. The summed E-state index contributed by atoms with van der Waals surface area (Å²) in [5.74, 6) is 1.66. The quantitative estimate of drug-likeness (QED) is 0.0266. The molecule has 18 nitrogen and oxygen atoms in total. The highest BCUT2D eigenvalue weighted by atomic mass is 16.6. The lowest BCUT2D eigenvalue weighted by atomic mass is 10.1. The number of aromatic nitrogens is 4. The molecule has 3 aliphatic heterocycles. The summed E-state index contributed by atoms with van der Waals surface area (Å²) in [7, 11) is 0. The largest absolute Gasteiger partial charge is 0.466 e. The first kappa shape index (κ1) is 50.3. The molecule has 7 rings (SSSR count). The summed E-state index contributed by atoms with van der Waals surface area (Å²) in [5.41, 5.74) is 17.4. The van der Waals surface area contributed by atoms with Gasteiger partial charge < -0.3 is 36.6 Å². The van der Waals surface area contributed by atoms with Crippen molar-refractivity contribution in [3.63, 3.8) is 0 Å². The highest BCUT2D eigenvalue weighted by Gasteiger charge is 2.29. The summed E-state index contributed by atoms with van der Waals surface area (Å²) in [6, 6.07) is 16.9. The molecular formula is C49H71N13O5. The van der Waals surface area contributed by atoms with E-state index in [0.717, 1.165) is 75.4 Å². The minimum absolute atomic E-state index is 0.0565. The molecule has 0 amide bonds. The zero-order valence-electron chi connectivity index (χ0n) is 39.8. The van der Waals surface area contributed by atoms with E-state index >= 15 is 0 Å². The predicted octanol–water partition coefficient (Wildman–Crippen LogP) is 7.12. The van der Waals surface area contributed by atoms with Gasteiger partial charge >= 0.3 is 11.7 Å². The summed E-state index contributed by atoms with van der Waals surface area (Å²) in [4.78, 5) is 62.5. The van der Waals surface area contributed by atoms with Crippen molar-refractivity contribution < 1.29 is 19.2 Å². The Labute approximate surface area is 395 Å². The van der Waals surface area contributed by atoms with Crippen LogP contribution < -0.4 is 31.9 Å². The second kappa shape index (κ2) is 25.7. The number of hydrogen-bond acceptors (Lipinski definition) is 17. The molecular weight excluding hydrogens is 851 g/mol. The van der Waals surface area contributed by atoms with Crippen LogP contribution in [0.5, 0.6) is 0 Å². The summed E-state index contributed by atoms with van der Waals surface area (Å²) in [6.07, 6.45) is 9.91. The number of anilines is 6. The number of ether oxygens (including phenoxy) is 1. The molecule has 0 aliphatic carbocycles. The number of unbranched alkanes of at least 4 members (excludes halogenated alkanes) is 2. The molecule has 2 aromatic heterocycles. The number of nitrogen functional groups attached to an aromatic ring is 2. The van der Waals surface area contributed by atoms with E-state index in [-0.39, 0.29) is 54.6 Å². The molecule has 2 aromatic carbocycles. The van der Waals surface area contributed by atoms with Gasteiger partial charge in [0.1, 0.15) is 17.4 Å². The van der Waals surface area contributed by atoms with E-state index in [4.69, 9.17) is 21.2 Å². The Morgan fingerprint density at radius 3 is 1.91 bits per heavy atom. The first-order valence-corrected chi connectivity index (χ1v) is 24.3. The van der Waals surface area contributed by atoms with Gasteiger partial charge in [-0.05, 0) is 93.9 Å². The summed E-state index contributed by atoms with van der Waals surface area (Å²) < 4.78 is 5.09. The minimum atomic E-state index is -0.568. The van der Waals surface area contributed by atoms with Crippen LogP contribution in [-0.2, 0) is 46.9 Å². The predicted molar refractivity (Wildman–Crippen MR) is 265 cm³/mol. The average Bonchev–Trinajstić information content (AvgIpc) is 4.00. The molecule has 0 bridgehead atoms. The number of ketones is 1. The van der Waals surface area contributed by atoms with Crippen LogP contribution in [-0.4, -0.2) is 105 Å². The van der Waals surface area contributed by atoms with Gasteiger partial charge in [-0.25, -0.2) is 0 Å². The molecule has 0 spiro atoms. The van der Waals surface area contributed by atoms with E-state index in [9.17, 15) is 19.7 Å². The first-order valence-electron chi connectivity index (χ1n) is 24.3. The number of nitrogens with zero attached hydrogens (tertiary/aromatic N) is 9. The lowest BCUT2D eigenvalue weighted by Gasteiger charge is -2.25. The fraction of sp³-hybridized carbons (Fsp3) is 0.551. The number of esters is 1. The Morgan fingerprint density at radius 2 is 1.33 bits per heavy atom. The highest BCUT2D eigenvalue weighted by molar-refractivity contribution is 5.86. The number of rotatable bonds is 22. The summed E-state index contributed by atoms with van der Waals surface area (Å²) in [6.45, 7) is 15.9. The van der Waals surface area contributed by atoms with E-state index < -0.39 is 4.92 Å². The second-order valence-electron chi connectivity index (χ2n) is 17.6. The minimum Gasteiger partial charge on any atom is -0.466 e. The third-order valence-corrected chi connectivity index (χ3v) is 12.2. The number of nitrogens with two attached hydrogens (primary N) is 2. The maximum atomic E-state index is 12.4. The molecule has 0 radical (unpaired) electrons. The van der Waals surface area contributed by atoms with Crippen LogP contribution >= 0.6 is 0 Å². The van der Waals surface area contributed by atoms with E-state index in [0.29, 0.717) is 50.8 Å². The SMILES string of the molecule is CCCCNc1nc(N)c([N+](=O)[O-])c(N(CCC(=O)OCC)Cc2cccc(CN3CCCC3)c2)n1.CCCCNc1nc(N)c2c(n1)N(Cc1cccc(CN3CCCC3)c1)CCC(=O)C2. The van der Waals surface area contributed by atoms with E-state index in [1.165, 1.54) is 55.5 Å². The van der Waals surface area contributed by atoms with E-state index in [1.54, 1.807) is 11.8 Å². The third-order valence-electron chi connectivity index (χ3n) is 12.2. The van der Waals surface area contributed by atoms with Gasteiger partial charge in [0.05, 0.1) is 18.0 Å². The molecule has 4 aromatic rings. The van der Waals surface area contributed by atoms with Crippen LogP contribution in [0.2, 0.25) is 0 Å². The van der Waals surface area contributed by atoms with Crippen LogP contribution in [0.15, 0.2) is 48.5 Å². The van der Waals surface area contributed by atoms with Gasteiger partial charge in [-0.3, -0.25) is 29.5 Å². The lowest BCUT2D eigenvalue weighted by molar-refractivity contribution is -0.383. The van der Waals surface area contributed by atoms with Gasteiger partial charge in [0, 0.05) is 70.8 Å². The Morgan fingerprint density at radius 1 is 0.776 bits per heavy atom. The number of benzene rings is 2. The molecule has 6 N–H and O–H groups in total. The normalized spacial score (nSPS) is 15.1. The van der Waals surface area contributed by atoms with Crippen LogP contribution in [0.3, 0.4) is 0 Å². The van der Waals surface area contributed by atoms with E-state index in [1.807, 2.05) is 12.1 Å². The highest BCUT2D eigenvalue weighted by Crippen LogP contribution is 2.34. The maximum absolute atomic E-state index is 12.4. The van der Waals surface area contributed by atoms with Gasteiger partial charge in [-0.1, -0.05) is 75.2 Å². The fourth-order valence-electron chi connectivity index (χ4n) is 8.70. The van der Waals surface area contributed by atoms with Gasteiger partial charge in [0.25, 0.3) is 0 Å². The van der Waals surface area contributed by atoms with Crippen molar-refractivity contribution in [2.45, 2.75) is 118 Å². The van der Waals surface area contributed by atoms with Crippen molar-refractivity contribution in [3.8, 4) is 0 Å². The number of nitro groups is 1. The number of fused-ring (bicyclic) bond motifs is 1.